The van der Waals surface area contributed by atoms with Crippen molar-refractivity contribution in [3.63, 3.8) is 0 Å². The third-order valence-electron chi connectivity index (χ3n) is 1.86. The molecular formula is C10H12N2O2S. The molecule has 15 heavy (non-hydrogen) atoms. The van der Waals surface area contributed by atoms with Crippen molar-refractivity contribution >= 4 is 15.5 Å². The number of nitrogens with one attached hydrogen (secondary N) is 1. The highest BCUT2D eigenvalue weighted by molar-refractivity contribution is 7.90. The van der Waals surface area contributed by atoms with E-state index in [1.807, 2.05) is 6.07 Å². The van der Waals surface area contributed by atoms with E-state index in [2.05, 4.69) is 5.32 Å². The lowest BCUT2D eigenvalue weighted by molar-refractivity contribution is 0.602. The minimum Gasteiger partial charge on any atom is -0.370 e. The van der Waals surface area contributed by atoms with Crippen molar-refractivity contribution in [2.75, 3.05) is 11.6 Å². The van der Waals surface area contributed by atoms with Crippen LogP contribution in [0.4, 0.5) is 5.69 Å². The molecule has 0 radical (unpaired) electrons. The fraction of sp³-hybridized carbons (Fsp3) is 0.300. The zero-order valence-electron chi connectivity index (χ0n) is 8.56. The van der Waals surface area contributed by atoms with Crippen LogP contribution in [0, 0.1) is 11.3 Å². The van der Waals surface area contributed by atoms with Gasteiger partial charge in [0.15, 0.2) is 9.84 Å². The zero-order valence-corrected chi connectivity index (χ0v) is 9.38. The molecule has 1 atom stereocenters. The lowest BCUT2D eigenvalue weighted by Gasteiger charge is -2.07. The third kappa shape index (κ3) is 3.26. The minimum atomic E-state index is -3.15. The van der Waals surface area contributed by atoms with Crippen molar-refractivity contribution in [2.45, 2.75) is 17.9 Å². The van der Waals surface area contributed by atoms with Gasteiger partial charge < -0.3 is 5.32 Å². The summed E-state index contributed by atoms with van der Waals surface area (Å²) < 4.78 is 22.3. The molecule has 1 aromatic rings. The van der Waals surface area contributed by atoms with Gasteiger partial charge in [-0.25, -0.2) is 8.42 Å². The van der Waals surface area contributed by atoms with Crippen molar-refractivity contribution < 1.29 is 8.42 Å². The molecule has 0 amide bonds. The molecule has 1 rings (SSSR count). The van der Waals surface area contributed by atoms with E-state index in [-0.39, 0.29) is 10.9 Å². The number of hydrogen-bond acceptors (Lipinski definition) is 4. The Kier molecular flexibility index (Phi) is 3.32. The maximum atomic E-state index is 11.1. The van der Waals surface area contributed by atoms with Gasteiger partial charge in [0.1, 0.15) is 6.04 Å². The normalized spacial score (nSPS) is 12.9. The van der Waals surface area contributed by atoms with Crippen LogP contribution in [0.1, 0.15) is 6.92 Å². The van der Waals surface area contributed by atoms with E-state index in [9.17, 15) is 8.42 Å². The second kappa shape index (κ2) is 4.32. The van der Waals surface area contributed by atoms with Crippen LogP contribution < -0.4 is 5.32 Å². The number of benzene rings is 1. The van der Waals surface area contributed by atoms with Crippen LogP contribution in [-0.4, -0.2) is 20.7 Å². The lowest BCUT2D eigenvalue weighted by Crippen LogP contribution is -2.11. The second-order valence-electron chi connectivity index (χ2n) is 3.29. The lowest BCUT2D eigenvalue weighted by atomic mass is 10.3. The highest BCUT2D eigenvalue weighted by Crippen LogP contribution is 2.14. The molecular weight excluding hydrogens is 212 g/mol. The van der Waals surface area contributed by atoms with Crippen LogP contribution >= 0.6 is 0 Å². The number of anilines is 1. The fourth-order valence-corrected chi connectivity index (χ4v) is 1.71. The average Bonchev–Trinajstić information content (AvgIpc) is 2.17. The van der Waals surface area contributed by atoms with E-state index >= 15 is 0 Å². The summed E-state index contributed by atoms with van der Waals surface area (Å²) in [5.41, 5.74) is 0.733. The van der Waals surface area contributed by atoms with Crippen molar-refractivity contribution in [2.24, 2.45) is 0 Å². The maximum Gasteiger partial charge on any atom is 0.175 e. The standard InChI is InChI=1S/C10H12N2O2S/c1-8(7-11)12-9-3-5-10(6-4-9)15(2,13)14/h3-6,8,12H,1-2H3. The molecule has 0 aliphatic rings. The van der Waals surface area contributed by atoms with Gasteiger partial charge in [0.25, 0.3) is 0 Å². The van der Waals surface area contributed by atoms with Crippen LogP contribution in [0.3, 0.4) is 0 Å². The zero-order chi connectivity index (χ0) is 11.5. The Morgan fingerprint density at radius 3 is 2.27 bits per heavy atom. The van der Waals surface area contributed by atoms with E-state index in [1.165, 1.54) is 12.1 Å². The Labute approximate surface area is 89.5 Å². The van der Waals surface area contributed by atoms with Crippen molar-refractivity contribution in [3.8, 4) is 6.07 Å². The maximum absolute atomic E-state index is 11.1. The van der Waals surface area contributed by atoms with Gasteiger partial charge in [-0.2, -0.15) is 5.26 Å². The molecule has 0 aromatic heterocycles. The summed E-state index contributed by atoms with van der Waals surface area (Å²) in [5.74, 6) is 0. The molecule has 0 fully saturated rings. The Bertz CT molecular complexity index is 471. The smallest absolute Gasteiger partial charge is 0.175 e. The average molecular weight is 224 g/mol. The van der Waals surface area contributed by atoms with Crippen LogP contribution in [0.15, 0.2) is 29.2 Å². The summed E-state index contributed by atoms with van der Waals surface area (Å²) in [6.07, 6.45) is 1.16. The van der Waals surface area contributed by atoms with E-state index in [1.54, 1.807) is 19.1 Å². The molecule has 0 heterocycles. The first-order valence-electron chi connectivity index (χ1n) is 4.40. The van der Waals surface area contributed by atoms with Gasteiger partial charge in [-0.15, -0.1) is 0 Å². The summed E-state index contributed by atoms with van der Waals surface area (Å²) in [7, 11) is -3.15. The Morgan fingerprint density at radius 1 is 1.33 bits per heavy atom. The second-order valence-corrected chi connectivity index (χ2v) is 5.31. The highest BCUT2D eigenvalue weighted by Gasteiger charge is 2.06. The molecule has 1 N–H and O–H groups in total. The first-order chi connectivity index (χ1) is 6.93. The molecule has 5 heteroatoms. The number of sulfone groups is 1. The molecule has 0 saturated heterocycles. The first kappa shape index (κ1) is 11.5. The molecule has 0 spiro atoms. The molecule has 0 aliphatic heterocycles. The summed E-state index contributed by atoms with van der Waals surface area (Å²) in [6, 6.07) is 8.05. The van der Waals surface area contributed by atoms with Crippen LogP contribution in [0.2, 0.25) is 0 Å². The van der Waals surface area contributed by atoms with Gasteiger partial charge in [0, 0.05) is 11.9 Å². The van der Waals surface area contributed by atoms with Gasteiger partial charge in [0.2, 0.25) is 0 Å². The predicted molar refractivity (Wildman–Crippen MR) is 58.2 cm³/mol. The summed E-state index contributed by atoms with van der Waals surface area (Å²) in [6.45, 7) is 1.73. The van der Waals surface area contributed by atoms with Gasteiger partial charge in [-0.3, -0.25) is 0 Å². The van der Waals surface area contributed by atoms with Gasteiger partial charge in [0.05, 0.1) is 11.0 Å². The summed E-state index contributed by atoms with van der Waals surface area (Å²) in [4.78, 5) is 0.276. The van der Waals surface area contributed by atoms with E-state index in [0.29, 0.717) is 0 Å². The topological polar surface area (TPSA) is 70.0 Å². The molecule has 0 saturated carbocycles. The van der Waals surface area contributed by atoms with Crippen molar-refractivity contribution in [3.05, 3.63) is 24.3 Å². The molecule has 80 valence electrons. The van der Waals surface area contributed by atoms with E-state index < -0.39 is 9.84 Å². The number of nitriles is 1. The van der Waals surface area contributed by atoms with Crippen LogP contribution in [-0.2, 0) is 9.84 Å². The van der Waals surface area contributed by atoms with Gasteiger partial charge in [-0.1, -0.05) is 0 Å². The van der Waals surface area contributed by atoms with Gasteiger partial charge in [-0.05, 0) is 31.2 Å². The van der Waals surface area contributed by atoms with Gasteiger partial charge >= 0.3 is 0 Å². The Hall–Kier alpha value is -1.54. The number of hydrogen-bond donors (Lipinski definition) is 1. The monoisotopic (exact) mass is 224 g/mol. The summed E-state index contributed by atoms with van der Waals surface area (Å²) in [5, 5.41) is 11.5. The Morgan fingerprint density at radius 2 is 1.87 bits per heavy atom. The molecule has 1 unspecified atom stereocenters. The van der Waals surface area contributed by atoms with E-state index in [4.69, 9.17) is 5.26 Å². The third-order valence-corrected chi connectivity index (χ3v) is 2.99. The molecule has 1 aromatic carbocycles. The van der Waals surface area contributed by atoms with Crippen molar-refractivity contribution in [1.82, 2.24) is 0 Å². The predicted octanol–water partition coefficient (Wildman–Crippen LogP) is 1.41. The first-order valence-corrected chi connectivity index (χ1v) is 6.29. The SMILES string of the molecule is CC(C#N)Nc1ccc(S(C)(=O)=O)cc1. The van der Waals surface area contributed by atoms with E-state index in [0.717, 1.165) is 11.9 Å². The summed E-state index contributed by atoms with van der Waals surface area (Å²) >= 11 is 0. The number of rotatable bonds is 3. The quantitative estimate of drug-likeness (QED) is 0.842. The molecule has 0 aliphatic carbocycles. The van der Waals surface area contributed by atoms with Crippen molar-refractivity contribution in [1.29, 1.82) is 5.26 Å². The Balaban J connectivity index is 2.88. The van der Waals surface area contributed by atoms with Crippen LogP contribution in [0.5, 0.6) is 0 Å². The molecule has 0 bridgehead atoms. The molecule has 4 nitrogen and oxygen atoms in total. The fourth-order valence-electron chi connectivity index (χ4n) is 1.08. The van der Waals surface area contributed by atoms with Crippen LogP contribution in [0.25, 0.3) is 0 Å². The number of nitrogens with zero attached hydrogens (tertiary/aromatic N) is 1. The minimum absolute atomic E-state index is 0.276. The highest BCUT2D eigenvalue weighted by atomic mass is 32.2. The largest absolute Gasteiger partial charge is 0.370 e.